The molecule has 0 aromatic heterocycles. The summed E-state index contributed by atoms with van der Waals surface area (Å²) in [6.07, 6.45) is 7.58. The minimum absolute atomic E-state index is 0.0356. The van der Waals surface area contributed by atoms with Crippen molar-refractivity contribution in [3.8, 4) is 0 Å². The fourth-order valence-corrected chi connectivity index (χ4v) is 9.79. The first-order valence-corrected chi connectivity index (χ1v) is 13.4. The summed E-state index contributed by atoms with van der Waals surface area (Å²) in [6.45, 7) is 8.69. The second-order valence-electron chi connectivity index (χ2n) is 12.8. The third-order valence-corrected chi connectivity index (χ3v) is 11.2. The smallest absolute Gasteiger partial charge is 0.309 e. The summed E-state index contributed by atoms with van der Waals surface area (Å²) in [5.74, 6) is -0.668. The number of amides is 2. The molecule has 186 valence electrons. The molecule has 4 fully saturated rings. The number of carbonyl (C=O) groups is 3. The van der Waals surface area contributed by atoms with Crippen LogP contribution in [0.5, 0.6) is 0 Å². The number of rotatable bonds is 3. The van der Waals surface area contributed by atoms with Gasteiger partial charge in [-0.25, -0.2) is 0 Å². The molecule has 2 amide bonds. The van der Waals surface area contributed by atoms with Crippen molar-refractivity contribution in [3.63, 3.8) is 0 Å². The zero-order valence-electron chi connectivity index (χ0n) is 21.3. The first kappa shape index (κ1) is 23.0. The van der Waals surface area contributed by atoms with Crippen LogP contribution >= 0.6 is 0 Å². The van der Waals surface area contributed by atoms with Crippen molar-refractivity contribution in [1.29, 1.82) is 0 Å². The Bertz CT molecular complexity index is 1140. The number of fused-ring (bicyclic) bond motifs is 1. The number of allylic oxidation sites excluding steroid dienone is 2. The normalized spacial score (nSPS) is 44.1. The molecule has 1 spiro atoms. The van der Waals surface area contributed by atoms with E-state index < -0.39 is 11.4 Å². The van der Waals surface area contributed by atoms with Crippen molar-refractivity contribution in [2.75, 3.05) is 4.90 Å². The Morgan fingerprint density at radius 2 is 1.74 bits per heavy atom. The molecule has 35 heavy (non-hydrogen) atoms. The molecule has 1 aliphatic heterocycles. The van der Waals surface area contributed by atoms with Gasteiger partial charge in [-0.3, -0.25) is 19.3 Å². The highest BCUT2D eigenvalue weighted by Gasteiger charge is 2.73. The standard InChI is InChI=1S/C30H37NO4/c1-17(2)20-16-30-14-11-21-28(3,12-8-13-29(21,4)27(34)35)22(30)15-19(20)23-24(30)26(33)31(25(23)32)18-9-6-5-7-10-18/h5-7,9-10,16-17,19,21-24H,8,11-15H2,1-4H3,(H,34,35)/t19-,21+,22-,23-,24+,28+,29-,30+/m1/s1. The Kier molecular flexibility index (Phi) is 4.80. The van der Waals surface area contributed by atoms with Gasteiger partial charge >= 0.3 is 5.97 Å². The Morgan fingerprint density at radius 3 is 2.40 bits per heavy atom. The number of anilines is 1. The van der Waals surface area contributed by atoms with E-state index in [0.29, 0.717) is 11.6 Å². The van der Waals surface area contributed by atoms with Crippen molar-refractivity contribution in [2.24, 2.45) is 51.8 Å². The van der Waals surface area contributed by atoms with Gasteiger partial charge in [-0.1, -0.05) is 57.0 Å². The van der Waals surface area contributed by atoms with Crippen LogP contribution < -0.4 is 4.90 Å². The third-order valence-electron chi connectivity index (χ3n) is 11.2. The molecule has 8 atom stereocenters. The van der Waals surface area contributed by atoms with E-state index in [9.17, 15) is 19.5 Å². The SMILES string of the molecule is CC(C)C1=C[C@@]23CC[C@H]4[C@](C)(CCC[C@@]4(C)C(=O)O)[C@H]2C[C@H]1[C@H]1C(=O)N(c2ccccc2)C(=O)[C@H]13. The van der Waals surface area contributed by atoms with E-state index in [1.165, 1.54) is 10.5 Å². The number of carboxylic acids is 1. The highest BCUT2D eigenvalue weighted by atomic mass is 16.4. The quantitative estimate of drug-likeness (QED) is 0.449. The molecule has 5 aliphatic carbocycles. The maximum atomic E-state index is 14.1. The number of hydrogen-bond donors (Lipinski definition) is 1. The van der Waals surface area contributed by atoms with Crippen LogP contribution in [0.4, 0.5) is 5.69 Å². The number of para-hydroxylation sites is 1. The lowest BCUT2D eigenvalue weighted by Gasteiger charge is -2.68. The molecule has 2 bridgehead atoms. The fourth-order valence-electron chi connectivity index (χ4n) is 9.79. The lowest BCUT2D eigenvalue weighted by molar-refractivity contribution is -0.194. The van der Waals surface area contributed by atoms with Gasteiger partial charge in [0.15, 0.2) is 0 Å². The average molecular weight is 476 g/mol. The maximum Gasteiger partial charge on any atom is 0.309 e. The molecule has 5 heteroatoms. The van der Waals surface area contributed by atoms with Crippen LogP contribution in [0.2, 0.25) is 0 Å². The van der Waals surface area contributed by atoms with E-state index in [4.69, 9.17) is 0 Å². The minimum Gasteiger partial charge on any atom is -0.481 e. The van der Waals surface area contributed by atoms with Crippen molar-refractivity contribution in [3.05, 3.63) is 42.0 Å². The van der Waals surface area contributed by atoms with Crippen molar-refractivity contribution >= 4 is 23.5 Å². The van der Waals surface area contributed by atoms with Crippen molar-refractivity contribution in [1.82, 2.24) is 0 Å². The van der Waals surface area contributed by atoms with Crippen LogP contribution in [0, 0.1) is 51.8 Å². The predicted octanol–water partition coefficient (Wildman–Crippen LogP) is 5.70. The highest BCUT2D eigenvalue weighted by molar-refractivity contribution is 6.22. The molecule has 0 radical (unpaired) electrons. The molecule has 1 heterocycles. The third kappa shape index (κ3) is 2.73. The van der Waals surface area contributed by atoms with E-state index in [0.717, 1.165) is 38.5 Å². The van der Waals surface area contributed by atoms with Crippen LogP contribution in [0.3, 0.4) is 0 Å². The summed E-state index contributed by atoms with van der Waals surface area (Å²) < 4.78 is 0. The number of imide groups is 1. The van der Waals surface area contributed by atoms with Gasteiger partial charge in [-0.05, 0) is 80.2 Å². The summed E-state index contributed by atoms with van der Waals surface area (Å²) in [4.78, 5) is 42.0. The van der Waals surface area contributed by atoms with Gasteiger partial charge in [0.25, 0.3) is 0 Å². The van der Waals surface area contributed by atoms with E-state index in [1.54, 1.807) is 0 Å². The maximum absolute atomic E-state index is 14.1. The van der Waals surface area contributed by atoms with Crippen molar-refractivity contribution < 1.29 is 19.5 Å². The molecule has 5 nitrogen and oxygen atoms in total. The Morgan fingerprint density at radius 1 is 1.03 bits per heavy atom. The van der Waals surface area contributed by atoms with E-state index >= 15 is 0 Å². The van der Waals surface area contributed by atoms with Gasteiger partial charge in [0, 0.05) is 5.41 Å². The van der Waals surface area contributed by atoms with Gasteiger partial charge in [-0.15, -0.1) is 0 Å². The molecular formula is C30H37NO4. The zero-order valence-corrected chi connectivity index (χ0v) is 21.3. The van der Waals surface area contributed by atoms with Crippen LogP contribution in [0.1, 0.15) is 66.2 Å². The Labute approximate surface area is 208 Å². The monoisotopic (exact) mass is 475 g/mol. The summed E-state index contributed by atoms with van der Waals surface area (Å²) in [5.41, 5.74) is 0.789. The second-order valence-corrected chi connectivity index (χ2v) is 12.8. The van der Waals surface area contributed by atoms with E-state index in [1.807, 2.05) is 37.3 Å². The average Bonchev–Trinajstić information content (AvgIpc) is 3.11. The molecule has 6 aliphatic rings. The molecule has 1 aromatic rings. The zero-order chi connectivity index (χ0) is 24.9. The fraction of sp³-hybridized carbons (Fsp3) is 0.633. The predicted molar refractivity (Wildman–Crippen MR) is 133 cm³/mol. The molecule has 7 rings (SSSR count). The first-order valence-electron chi connectivity index (χ1n) is 13.4. The molecule has 1 N–H and O–H groups in total. The highest BCUT2D eigenvalue weighted by Crippen LogP contribution is 2.74. The number of carbonyl (C=O) groups excluding carboxylic acids is 2. The lowest BCUT2D eigenvalue weighted by atomic mass is 9.34. The number of carboxylic acid groups (broad SMARTS) is 1. The van der Waals surface area contributed by atoms with E-state index in [-0.39, 0.29) is 52.2 Å². The number of hydrogen-bond acceptors (Lipinski definition) is 3. The number of benzene rings is 1. The largest absolute Gasteiger partial charge is 0.481 e. The summed E-state index contributed by atoms with van der Waals surface area (Å²) >= 11 is 0. The topological polar surface area (TPSA) is 74.7 Å². The Hall–Kier alpha value is -2.43. The molecule has 0 unspecified atom stereocenters. The van der Waals surface area contributed by atoms with Crippen LogP contribution in [-0.4, -0.2) is 22.9 Å². The molecule has 1 saturated heterocycles. The van der Waals surface area contributed by atoms with E-state index in [2.05, 4.69) is 26.8 Å². The first-order chi connectivity index (χ1) is 16.6. The van der Waals surface area contributed by atoms with Crippen LogP contribution in [-0.2, 0) is 14.4 Å². The van der Waals surface area contributed by atoms with Gasteiger partial charge in [0.1, 0.15) is 0 Å². The lowest BCUT2D eigenvalue weighted by Crippen LogP contribution is -2.65. The minimum atomic E-state index is -0.721. The Balaban J connectivity index is 1.50. The second kappa shape index (κ2) is 7.30. The van der Waals surface area contributed by atoms with Crippen LogP contribution in [0.25, 0.3) is 0 Å². The molecule has 1 aromatic carbocycles. The van der Waals surface area contributed by atoms with Gasteiger partial charge in [0.2, 0.25) is 11.8 Å². The summed E-state index contributed by atoms with van der Waals surface area (Å²) in [7, 11) is 0. The molecule has 3 saturated carbocycles. The summed E-state index contributed by atoms with van der Waals surface area (Å²) in [6, 6.07) is 9.39. The van der Waals surface area contributed by atoms with Crippen molar-refractivity contribution in [2.45, 2.75) is 66.2 Å². The number of aliphatic carboxylic acids is 1. The number of nitrogens with zero attached hydrogens (tertiary/aromatic N) is 1. The van der Waals surface area contributed by atoms with Gasteiger partial charge in [0.05, 0.1) is 22.9 Å². The summed E-state index contributed by atoms with van der Waals surface area (Å²) in [5, 5.41) is 10.3. The van der Waals surface area contributed by atoms with Gasteiger partial charge < -0.3 is 5.11 Å². The van der Waals surface area contributed by atoms with Gasteiger partial charge in [-0.2, -0.15) is 0 Å². The molecular weight excluding hydrogens is 438 g/mol. The van der Waals surface area contributed by atoms with Crippen LogP contribution in [0.15, 0.2) is 42.0 Å².